The van der Waals surface area contributed by atoms with Gasteiger partial charge in [0.25, 0.3) is 0 Å². The molecule has 14 heavy (non-hydrogen) atoms. The summed E-state index contributed by atoms with van der Waals surface area (Å²) in [7, 11) is 0. The fourth-order valence-electron chi connectivity index (χ4n) is 0.677. The predicted molar refractivity (Wildman–Crippen MR) is 109 cm³/mol. The minimum atomic E-state index is 0. The van der Waals surface area contributed by atoms with Gasteiger partial charge in [0, 0.05) is 0 Å². The van der Waals surface area contributed by atoms with E-state index in [0.717, 1.165) is -0.0619 Å². The third-order valence-electron chi connectivity index (χ3n) is 1.21. The summed E-state index contributed by atoms with van der Waals surface area (Å²) in [5, 5.41) is 0. The molecule has 0 bridgehead atoms. The van der Waals surface area contributed by atoms with Gasteiger partial charge in [-0.3, -0.25) is 0 Å². The molecule has 0 saturated heterocycles. The molecule has 94 valence electrons. The van der Waals surface area contributed by atoms with Crippen LogP contribution in [0.3, 0.4) is 0 Å². The molecule has 0 nitrogen and oxygen atoms in total. The Kier molecular flexibility index (Phi) is 64.1. The topological polar surface area (TPSA) is 0 Å². The maximum Gasteiger partial charge on any atom is 0.114 e. The zero-order valence-electron chi connectivity index (χ0n) is 7.66. The highest BCUT2D eigenvalue weighted by atomic mass is 127. The van der Waals surface area contributed by atoms with Gasteiger partial charge in [0.2, 0.25) is 0 Å². The second-order valence-corrected chi connectivity index (χ2v) is 13.2. The highest BCUT2D eigenvalue weighted by Gasteiger charge is 1.80. The van der Waals surface area contributed by atoms with Crippen LogP contribution in [-0.2, 0) is 0 Å². The first kappa shape index (κ1) is 30.2. The van der Waals surface area contributed by atoms with Crippen LogP contribution >= 0.6 is 91.7 Å². The van der Waals surface area contributed by atoms with Gasteiger partial charge in [-0.05, 0) is 0 Å². The molecule has 0 aromatic rings. The van der Waals surface area contributed by atoms with Crippen LogP contribution in [0.15, 0.2) is 0 Å². The number of unbranched alkanes of at least 4 members (excludes halogenated alkanes) is 4. The fraction of sp³-hybridized carbons (Fsp3) is 1.00. The van der Waals surface area contributed by atoms with E-state index in [1.165, 1.54) is 32.1 Å². The number of alkyl halides is 3. The van der Waals surface area contributed by atoms with E-state index in [0.29, 0.717) is 0 Å². The largest absolute Gasteiger partial charge is 0.114 e. The lowest BCUT2D eigenvalue weighted by Crippen LogP contribution is -1.70. The average Bonchev–Trinajstić information content (AvgIpc) is 1.88. The van der Waals surface area contributed by atoms with E-state index in [1.807, 2.05) is 0 Å². The first-order chi connectivity index (χ1) is 5.15. The summed E-state index contributed by atoms with van der Waals surface area (Å²) in [4.78, 5) is 0. The maximum atomic E-state index is 2.32. The minimum absolute atomic E-state index is 0. The zero-order chi connectivity index (χ0) is 9.11. The Bertz CT molecular complexity index is 51.3. The van der Waals surface area contributed by atoms with Gasteiger partial charge in [0.05, 0.1) is 0 Å². The molecule has 0 saturated carbocycles. The molecule has 0 aromatic carbocycles. The van der Waals surface area contributed by atoms with Crippen molar-refractivity contribution in [1.29, 1.82) is 0 Å². The van der Waals surface area contributed by atoms with Crippen LogP contribution in [0.5, 0.6) is 0 Å². The molecular formula is C10H26I4. The van der Waals surface area contributed by atoms with E-state index in [1.54, 1.807) is 0 Å². The normalized spacial score (nSPS) is 7.29. The molecule has 0 amide bonds. The summed E-state index contributed by atoms with van der Waals surface area (Å²) < 4.78 is 0.743. The Hall–Kier alpha value is 2.92. The number of hydrogen-bond donors (Lipinski definition) is 0. The summed E-state index contributed by atoms with van der Waals surface area (Å²) in [5.41, 5.74) is 0. The number of rotatable bonds is 4. The zero-order valence-corrected chi connectivity index (χ0v) is 16.5. The standard InChI is InChI=1S/C7H16.CHI3.2CH4.HI/c1-3-5-7-6-4-2;2-1(3)4;;;/h3-7H2,1-2H3;1H;2*1H4;1H. The molecule has 0 aliphatic carbocycles. The molecule has 0 aliphatic heterocycles. The van der Waals surface area contributed by atoms with Crippen molar-refractivity contribution in [2.45, 2.75) is 60.7 Å². The van der Waals surface area contributed by atoms with Gasteiger partial charge in [0.1, 0.15) is -0.0619 Å². The van der Waals surface area contributed by atoms with Gasteiger partial charge < -0.3 is 0 Å². The van der Waals surface area contributed by atoms with Crippen molar-refractivity contribution in [3.63, 3.8) is 0 Å². The van der Waals surface area contributed by atoms with E-state index < -0.39 is 0 Å². The van der Waals surface area contributed by atoms with Crippen molar-refractivity contribution in [3.05, 3.63) is 0 Å². The first-order valence-electron chi connectivity index (χ1n) is 4.07. The predicted octanol–water partition coefficient (Wildman–Crippen LogP) is 7.44. The molecule has 0 heterocycles. The molecule has 0 rings (SSSR count). The van der Waals surface area contributed by atoms with E-state index in [4.69, 9.17) is 0 Å². The molecule has 0 unspecified atom stereocenters. The van der Waals surface area contributed by atoms with Crippen molar-refractivity contribution in [2.24, 2.45) is 0 Å². The van der Waals surface area contributed by atoms with E-state index >= 15 is 0 Å². The van der Waals surface area contributed by atoms with E-state index in [2.05, 4.69) is 81.6 Å². The maximum absolute atomic E-state index is 2.32. The Morgan fingerprint density at radius 3 is 1.14 bits per heavy atom. The summed E-state index contributed by atoms with van der Waals surface area (Å²) >= 11 is 6.95. The van der Waals surface area contributed by atoms with Crippen molar-refractivity contribution in [2.75, 3.05) is 0 Å². The Morgan fingerprint density at radius 2 is 1.00 bits per heavy atom. The van der Waals surface area contributed by atoms with Crippen LogP contribution in [-0.4, -0.2) is -0.0619 Å². The second kappa shape index (κ2) is 29.7. The van der Waals surface area contributed by atoms with Gasteiger partial charge in [-0.25, -0.2) is 0 Å². The summed E-state index contributed by atoms with van der Waals surface area (Å²) in [6, 6.07) is 0. The Morgan fingerprint density at radius 1 is 0.786 bits per heavy atom. The van der Waals surface area contributed by atoms with Crippen molar-refractivity contribution in [1.82, 2.24) is 0 Å². The molecule has 0 spiro atoms. The molecule has 0 fully saturated rings. The summed E-state index contributed by atoms with van der Waals surface area (Å²) in [6.07, 6.45) is 7.01. The van der Waals surface area contributed by atoms with Gasteiger partial charge in [-0.2, -0.15) is 0 Å². The van der Waals surface area contributed by atoms with E-state index in [9.17, 15) is 0 Å². The van der Waals surface area contributed by atoms with Crippen LogP contribution < -0.4 is 0 Å². The van der Waals surface area contributed by atoms with Gasteiger partial charge >= 0.3 is 0 Å². The smallest absolute Gasteiger partial charge is 0.107 e. The van der Waals surface area contributed by atoms with Gasteiger partial charge in [-0.15, -0.1) is 24.0 Å². The lowest BCUT2D eigenvalue weighted by atomic mass is 10.2. The SMILES string of the molecule is C.C.CCCCCCC.I.IC(I)I. The monoisotopic (exact) mass is 654 g/mol. The van der Waals surface area contributed by atoms with E-state index in [-0.39, 0.29) is 38.8 Å². The highest BCUT2D eigenvalue weighted by molar-refractivity contribution is 14.3. The third-order valence-corrected chi connectivity index (χ3v) is 1.21. The molecule has 0 N–H and O–H groups in total. The Balaban J connectivity index is -0.0000000347. The van der Waals surface area contributed by atoms with Crippen LogP contribution in [0, 0.1) is 0 Å². The molecule has 0 radical (unpaired) electrons. The van der Waals surface area contributed by atoms with Crippen LogP contribution in [0.25, 0.3) is 0 Å². The van der Waals surface area contributed by atoms with Crippen LogP contribution in [0.1, 0.15) is 60.8 Å². The molecular weight excluding hydrogens is 628 g/mol. The second-order valence-electron chi connectivity index (χ2n) is 2.31. The quantitative estimate of drug-likeness (QED) is 0.168. The minimum Gasteiger partial charge on any atom is -0.107 e. The van der Waals surface area contributed by atoms with Crippen molar-refractivity contribution < 1.29 is 0 Å². The molecule has 4 heteroatoms. The third kappa shape index (κ3) is 60.4. The highest BCUT2D eigenvalue weighted by Crippen LogP contribution is 2.16. The molecule has 0 atom stereocenters. The first-order valence-corrected chi connectivity index (χ1v) is 7.81. The summed E-state index contributed by atoms with van der Waals surface area (Å²) in [5.74, 6) is 0. The van der Waals surface area contributed by atoms with Crippen LogP contribution in [0.4, 0.5) is 0 Å². The molecule has 0 aromatic heterocycles. The number of hydrogen-bond acceptors (Lipinski definition) is 0. The lowest BCUT2D eigenvalue weighted by Gasteiger charge is -1.90. The number of halogens is 4. The lowest BCUT2D eigenvalue weighted by molar-refractivity contribution is 0.656. The fourth-order valence-corrected chi connectivity index (χ4v) is 0.677. The Labute approximate surface area is 150 Å². The van der Waals surface area contributed by atoms with Gasteiger partial charge in [0.15, 0.2) is 0 Å². The van der Waals surface area contributed by atoms with Gasteiger partial charge in [-0.1, -0.05) is 129 Å². The summed E-state index contributed by atoms with van der Waals surface area (Å²) in [6.45, 7) is 4.49. The van der Waals surface area contributed by atoms with Crippen LogP contribution in [0.2, 0.25) is 0 Å². The van der Waals surface area contributed by atoms with Crippen molar-refractivity contribution >= 4 is 91.7 Å². The van der Waals surface area contributed by atoms with Crippen molar-refractivity contribution in [3.8, 4) is 0 Å². The average molecular weight is 654 g/mol. The molecule has 0 aliphatic rings.